The summed E-state index contributed by atoms with van der Waals surface area (Å²) in [6.07, 6.45) is 1.86. The number of hydrogen-bond acceptors (Lipinski definition) is 6. The van der Waals surface area contributed by atoms with E-state index in [-0.39, 0.29) is 5.91 Å². The van der Waals surface area contributed by atoms with E-state index in [1.807, 2.05) is 37.3 Å². The molecule has 4 rings (SSSR count). The van der Waals surface area contributed by atoms with Crippen molar-refractivity contribution in [3.8, 4) is 5.75 Å². The Bertz CT molecular complexity index is 1300. The molecule has 0 saturated carbocycles. The molecular weight excluding hydrogens is 472 g/mol. The number of likely N-dealkylation sites (N-methyl/N-ethyl adjacent to an activating group) is 1. The molecule has 0 bridgehead atoms. The van der Waals surface area contributed by atoms with Gasteiger partial charge in [-0.05, 0) is 80.1 Å². The zero-order valence-corrected chi connectivity index (χ0v) is 21.4. The molecule has 3 aromatic carbocycles. The standard InChI is InChI=1S/C29H28N2O4S/c1-4-31-27(32)26(36-29(31)30-24-8-6-7-23(18-24)28(33)34-5-2)17-21-13-15-25(16-14-21)35-19-22-11-9-20(3)10-12-22/h6-18H,4-5,19H2,1-3H3. The van der Waals surface area contributed by atoms with Crippen LogP contribution in [-0.2, 0) is 16.1 Å². The fourth-order valence-corrected chi connectivity index (χ4v) is 4.62. The zero-order valence-electron chi connectivity index (χ0n) is 20.6. The molecule has 0 aromatic heterocycles. The molecule has 1 aliphatic rings. The number of hydrogen-bond donors (Lipinski definition) is 0. The van der Waals surface area contributed by atoms with E-state index in [0.717, 1.165) is 16.9 Å². The number of rotatable bonds is 8. The molecule has 1 heterocycles. The number of aryl methyl sites for hydroxylation is 1. The zero-order chi connectivity index (χ0) is 25.5. The van der Waals surface area contributed by atoms with Crippen molar-refractivity contribution in [1.82, 2.24) is 4.90 Å². The molecule has 1 aliphatic heterocycles. The second-order valence-corrected chi connectivity index (χ2v) is 9.18. The highest BCUT2D eigenvalue weighted by atomic mass is 32.2. The number of carbonyl (C=O) groups is 2. The Hall–Kier alpha value is -3.84. The Balaban J connectivity index is 1.47. The van der Waals surface area contributed by atoms with Gasteiger partial charge in [0.05, 0.1) is 22.8 Å². The molecule has 184 valence electrons. The number of aliphatic imine (C=N–C) groups is 1. The number of benzene rings is 3. The van der Waals surface area contributed by atoms with E-state index in [1.54, 1.807) is 36.1 Å². The van der Waals surface area contributed by atoms with E-state index < -0.39 is 5.97 Å². The first kappa shape index (κ1) is 25.3. The summed E-state index contributed by atoms with van der Waals surface area (Å²) >= 11 is 1.32. The molecule has 7 heteroatoms. The Kier molecular flexibility index (Phi) is 8.23. The van der Waals surface area contributed by atoms with Crippen molar-refractivity contribution in [3.63, 3.8) is 0 Å². The van der Waals surface area contributed by atoms with Gasteiger partial charge in [-0.1, -0.05) is 48.0 Å². The van der Waals surface area contributed by atoms with Gasteiger partial charge in [0.2, 0.25) is 0 Å². The number of esters is 1. The van der Waals surface area contributed by atoms with Crippen LogP contribution < -0.4 is 4.74 Å². The maximum absolute atomic E-state index is 13.0. The molecule has 1 amide bonds. The monoisotopic (exact) mass is 500 g/mol. The SMILES string of the molecule is CCOC(=O)c1cccc(N=C2SC(=Cc3ccc(OCc4ccc(C)cc4)cc3)C(=O)N2CC)c1. The fourth-order valence-electron chi connectivity index (χ4n) is 3.56. The number of amidine groups is 1. The third-order valence-electron chi connectivity index (χ3n) is 5.49. The van der Waals surface area contributed by atoms with Gasteiger partial charge in [-0.3, -0.25) is 9.69 Å². The normalized spacial score (nSPS) is 15.5. The molecule has 3 aromatic rings. The molecule has 1 saturated heterocycles. The summed E-state index contributed by atoms with van der Waals surface area (Å²) in [5, 5.41) is 0.577. The van der Waals surface area contributed by atoms with Crippen LogP contribution in [0.5, 0.6) is 5.75 Å². The number of nitrogens with zero attached hydrogens (tertiary/aromatic N) is 2. The molecule has 0 N–H and O–H groups in total. The van der Waals surface area contributed by atoms with Gasteiger partial charge >= 0.3 is 5.97 Å². The van der Waals surface area contributed by atoms with Crippen LogP contribution in [0.2, 0.25) is 0 Å². The Morgan fingerprint density at radius 3 is 2.47 bits per heavy atom. The minimum atomic E-state index is -0.395. The molecule has 36 heavy (non-hydrogen) atoms. The predicted molar refractivity (Wildman–Crippen MR) is 144 cm³/mol. The van der Waals surface area contributed by atoms with E-state index in [9.17, 15) is 9.59 Å². The lowest BCUT2D eigenvalue weighted by Crippen LogP contribution is -2.28. The van der Waals surface area contributed by atoms with Crippen molar-refractivity contribution < 1.29 is 19.1 Å². The number of amides is 1. The summed E-state index contributed by atoms with van der Waals surface area (Å²) in [6, 6.07) is 22.8. The summed E-state index contributed by atoms with van der Waals surface area (Å²) in [4.78, 5) is 31.9. The van der Waals surface area contributed by atoms with E-state index in [0.29, 0.717) is 41.1 Å². The van der Waals surface area contributed by atoms with Crippen LogP contribution in [0, 0.1) is 6.92 Å². The van der Waals surface area contributed by atoms with Crippen molar-refractivity contribution in [2.24, 2.45) is 4.99 Å². The van der Waals surface area contributed by atoms with Gasteiger partial charge in [-0.15, -0.1) is 0 Å². The lowest BCUT2D eigenvalue weighted by Gasteiger charge is -2.12. The van der Waals surface area contributed by atoms with Crippen molar-refractivity contribution in [1.29, 1.82) is 0 Å². The van der Waals surface area contributed by atoms with Crippen molar-refractivity contribution >= 4 is 40.6 Å². The number of thioether (sulfide) groups is 1. The van der Waals surface area contributed by atoms with Crippen LogP contribution in [0.15, 0.2) is 82.7 Å². The largest absolute Gasteiger partial charge is 0.489 e. The molecule has 0 radical (unpaired) electrons. The maximum atomic E-state index is 13.0. The lowest BCUT2D eigenvalue weighted by molar-refractivity contribution is -0.122. The predicted octanol–water partition coefficient (Wildman–Crippen LogP) is 6.37. The molecule has 0 atom stereocenters. The van der Waals surface area contributed by atoms with E-state index >= 15 is 0 Å². The second-order valence-electron chi connectivity index (χ2n) is 8.17. The van der Waals surface area contributed by atoms with E-state index in [1.165, 1.54) is 17.3 Å². The van der Waals surface area contributed by atoms with Gasteiger partial charge in [0.25, 0.3) is 5.91 Å². The lowest BCUT2D eigenvalue weighted by atomic mass is 10.1. The molecule has 0 aliphatic carbocycles. The molecule has 0 spiro atoms. The van der Waals surface area contributed by atoms with E-state index in [4.69, 9.17) is 9.47 Å². The topological polar surface area (TPSA) is 68.2 Å². The van der Waals surface area contributed by atoms with Crippen LogP contribution in [0.25, 0.3) is 6.08 Å². The Morgan fingerprint density at radius 2 is 1.78 bits per heavy atom. The summed E-state index contributed by atoms with van der Waals surface area (Å²) in [5.41, 5.74) is 4.24. The summed E-state index contributed by atoms with van der Waals surface area (Å²) in [7, 11) is 0. The Labute approximate surface area is 215 Å². The smallest absolute Gasteiger partial charge is 0.338 e. The quantitative estimate of drug-likeness (QED) is 0.265. The first-order valence-corrected chi connectivity index (χ1v) is 12.6. The second kappa shape index (κ2) is 11.7. The number of ether oxygens (including phenoxy) is 2. The van der Waals surface area contributed by atoms with Gasteiger partial charge in [0.1, 0.15) is 12.4 Å². The highest BCUT2D eigenvalue weighted by Gasteiger charge is 2.32. The van der Waals surface area contributed by atoms with Crippen LogP contribution >= 0.6 is 11.8 Å². The van der Waals surface area contributed by atoms with Gasteiger partial charge in [0.15, 0.2) is 5.17 Å². The van der Waals surface area contributed by atoms with E-state index in [2.05, 4.69) is 36.2 Å². The summed E-state index contributed by atoms with van der Waals surface area (Å²) < 4.78 is 11.0. The van der Waals surface area contributed by atoms with Crippen molar-refractivity contribution in [2.45, 2.75) is 27.4 Å². The van der Waals surface area contributed by atoms with Gasteiger partial charge < -0.3 is 9.47 Å². The average molecular weight is 501 g/mol. The summed E-state index contributed by atoms with van der Waals surface area (Å²) in [6.45, 7) is 7.03. The molecular formula is C29H28N2O4S. The Morgan fingerprint density at radius 1 is 1.03 bits per heavy atom. The van der Waals surface area contributed by atoms with Crippen LogP contribution in [-0.4, -0.2) is 35.1 Å². The fraction of sp³-hybridized carbons (Fsp3) is 0.207. The maximum Gasteiger partial charge on any atom is 0.338 e. The highest BCUT2D eigenvalue weighted by molar-refractivity contribution is 8.18. The van der Waals surface area contributed by atoms with Crippen molar-refractivity contribution in [3.05, 3.63) is 100.0 Å². The van der Waals surface area contributed by atoms with Gasteiger partial charge in [0, 0.05) is 6.54 Å². The number of carbonyl (C=O) groups excluding carboxylic acids is 2. The summed E-state index contributed by atoms with van der Waals surface area (Å²) in [5.74, 6) is 0.276. The third-order valence-corrected chi connectivity index (χ3v) is 6.50. The molecule has 1 fully saturated rings. The molecule has 0 unspecified atom stereocenters. The first-order chi connectivity index (χ1) is 17.5. The van der Waals surface area contributed by atoms with Crippen molar-refractivity contribution in [2.75, 3.05) is 13.2 Å². The first-order valence-electron chi connectivity index (χ1n) is 11.8. The third kappa shape index (κ3) is 6.23. The average Bonchev–Trinajstić information content (AvgIpc) is 3.18. The minimum Gasteiger partial charge on any atom is -0.489 e. The minimum absolute atomic E-state index is 0.0949. The van der Waals surface area contributed by atoms with Crippen LogP contribution in [0.4, 0.5) is 5.69 Å². The van der Waals surface area contributed by atoms with Crippen LogP contribution in [0.1, 0.15) is 40.9 Å². The van der Waals surface area contributed by atoms with Gasteiger partial charge in [-0.2, -0.15) is 0 Å². The molecule has 6 nitrogen and oxygen atoms in total. The van der Waals surface area contributed by atoms with Crippen LogP contribution in [0.3, 0.4) is 0 Å². The highest BCUT2D eigenvalue weighted by Crippen LogP contribution is 2.34. The van der Waals surface area contributed by atoms with Gasteiger partial charge in [-0.25, -0.2) is 9.79 Å².